The van der Waals surface area contributed by atoms with Gasteiger partial charge in [0.15, 0.2) is 0 Å². The lowest BCUT2D eigenvalue weighted by Crippen LogP contribution is -2.45. The van der Waals surface area contributed by atoms with Crippen LogP contribution >= 0.6 is 11.6 Å². The van der Waals surface area contributed by atoms with Gasteiger partial charge in [-0.1, -0.05) is 17.7 Å². The Morgan fingerprint density at radius 3 is 2.61 bits per heavy atom. The fourth-order valence-corrected chi connectivity index (χ4v) is 4.99. The van der Waals surface area contributed by atoms with Gasteiger partial charge >= 0.3 is 0 Å². The fraction of sp³-hybridized carbons (Fsp3) is 0.350. The van der Waals surface area contributed by atoms with Crippen LogP contribution in [0.1, 0.15) is 12.8 Å². The molecule has 0 unspecified atom stereocenters. The van der Waals surface area contributed by atoms with Crippen molar-refractivity contribution in [3.8, 4) is 5.75 Å². The normalized spacial score (nSPS) is 17.9. The van der Waals surface area contributed by atoms with E-state index in [9.17, 15) is 13.2 Å². The molecule has 150 valence electrons. The van der Waals surface area contributed by atoms with E-state index in [2.05, 4.69) is 0 Å². The fourth-order valence-electron chi connectivity index (χ4n) is 3.34. The van der Waals surface area contributed by atoms with Gasteiger partial charge < -0.3 is 9.64 Å². The number of carbonyl (C=O) groups excluding carboxylic acids is 1. The van der Waals surface area contributed by atoms with E-state index in [-0.39, 0.29) is 17.3 Å². The van der Waals surface area contributed by atoms with Gasteiger partial charge in [0.25, 0.3) is 0 Å². The van der Waals surface area contributed by atoms with Crippen molar-refractivity contribution in [2.45, 2.75) is 17.7 Å². The minimum absolute atomic E-state index is 0.107. The molecule has 1 aliphatic rings. The number of halogens is 1. The molecule has 1 saturated heterocycles. The first-order chi connectivity index (χ1) is 13.3. The summed E-state index contributed by atoms with van der Waals surface area (Å²) in [6.07, 6.45) is 1.29. The second-order valence-electron chi connectivity index (χ2n) is 6.75. The monoisotopic (exact) mass is 422 g/mol. The Labute approximate surface area is 170 Å². The van der Waals surface area contributed by atoms with Gasteiger partial charge in [-0.25, -0.2) is 8.42 Å². The lowest BCUT2D eigenvalue weighted by atomic mass is 9.98. The largest absolute Gasteiger partial charge is 0.497 e. The van der Waals surface area contributed by atoms with Crippen molar-refractivity contribution in [1.29, 1.82) is 0 Å². The Kier molecular flexibility index (Phi) is 6.27. The molecule has 0 spiro atoms. The highest BCUT2D eigenvalue weighted by Crippen LogP contribution is 2.28. The molecule has 0 aromatic heterocycles. The summed E-state index contributed by atoms with van der Waals surface area (Å²) >= 11 is 5.86. The van der Waals surface area contributed by atoms with Crippen molar-refractivity contribution in [2.75, 3.05) is 32.1 Å². The quantitative estimate of drug-likeness (QED) is 0.740. The van der Waals surface area contributed by atoms with Gasteiger partial charge in [0.05, 0.1) is 17.9 Å². The predicted octanol–water partition coefficient (Wildman–Crippen LogP) is 3.41. The molecule has 1 heterocycles. The molecule has 0 saturated carbocycles. The summed E-state index contributed by atoms with van der Waals surface area (Å²) in [6, 6.07) is 13.3. The van der Waals surface area contributed by atoms with Gasteiger partial charge in [-0.2, -0.15) is 4.31 Å². The van der Waals surface area contributed by atoms with Crippen LogP contribution in [0.5, 0.6) is 5.75 Å². The Hall–Kier alpha value is -2.09. The van der Waals surface area contributed by atoms with E-state index >= 15 is 0 Å². The number of amides is 1. The lowest BCUT2D eigenvalue weighted by molar-refractivity contribution is -0.123. The van der Waals surface area contributed by atoms with Crippen LogP contribution in [0.4, 0.5) is 5.69 Å². The summed E-state index contributed by atoms with van der Waals surface area (Å²) in [4.78, 5) is 14.7. The van der Waals surface area contributed by atoms with Crippen LogP contribution in [0.2, 0.25) is 5.02 Å². The van der Waals surface area contributed by atoms with Crippen LogP contribution in [-0.2, 0) is 14.8 Å². The van der Waals surface area contributed by atoms with Crippen LogP contribution in [0, 0.1) is 5.92 Å². The first kappa shape index (κ1) is 20.6. The van der Waals surface area contributed by atoms with Crippen LogP contribution in [0.25, 0.3) is 0 Å². The van der Waals surface area contributed by atoms with Gasteiger partial charge in [-0.15, -0.1) is 0 Å². The predicted molar refractivity (Wildman–Crippen MR) is 109 cm³/mol. The standard InChI is InChI=1S/C20H23ClN2O4S/c1-22(17-6-3-7-18(13-17)27-2)20(24)15-5-4-12-23(14-15)28(25,26)19-10-8-16(21)9-11-19/h3,6-11,13,15H,4-5,12,14H2,1-2H3/t15-/m0/s1. The Morgan fingerprint density at radius 2 is 1.93 bits per heavy atom. The molecule has 1 aliphatic heterocycles. The van der Waals surface area contributed by atoms with Gasteiger partial charge in [0.1, 0.15) is 5.75 Å². The second-order valence-corrected chi connectivity index (χ2v) is 9.13. The zero-order chi connectivity index (χ0) is 20.3. The smallest absolute Gasteiger partial charge is 0.243 e. The topological polar surface area (TPSA) is 66.9 Å². The molecule has 0 radical (unpaired) electrons. The van der Waals surface area contributed by atoms with Gasteiger partial charge in [0, 0.05) is 36.9 Å². The van der Waals surface area contributed by atoms with E-state index in [0.717, 1.165) is 0 Å². The van der Waals surface area contributed by atoms with E-state index < -0.39 is 15.9 Å². The highest BCUT2D eigenvalue weighted by Gasteiger charge is 2.34. The Balaban J connectivity index is 1.76. The Bertz CT molecular complexity index is 947. The maximum atomic E-state index is 13.0. The molecule has 3 rings (SSSR count). The van der Waals surface area contributed by atoms with Crippen molar-refractivity contribution in [3.63, 3.8) is 0 Å². The minimum atomic E-state index is -3.66. The number of hydrogen-bond donors (Lipinski definition) is 0. The zero-order valence-electron chi connectivity index (χ0n) is 15.8. The third kappa shape index (κ3) is 4.32. The number of rotatable bonds is 5. The van der Waals surface area contributed by atoms with E-state index in [0.29, 0.717) is 35.8 Å². The summed E-state index contributed by atoms with van der Waals surface area (Å²) in [5.41, 5.74) is 0.710. The first-order valence-corrected chi connectivity index (χ1v) is 10.8. The molecular weight excluding hydrogens is 400 g/mol. The van der Waals surface area contributed by atoms with E-state index in [1.807, 2.05) is 18.2 Å². The highest BCUT2D eigenvalue weighted by molar-refractivity contribution is 7.89. The molecule has 1 fully saturated rings. The summed E-state index contributed by atoms with van der Waals surface area (Å²) in [7, 11) is -0.393. The van der Waals surface area contributed by atoms with Crippen molar-refractivity contribution < 1.29 is 17.9 Å². The average molecular weight is 423 g/mol. The molecule has 1 amide bonds. The second kappa shape index (κ2) is 8.51. The maximum absolute atomic E-state index is 13.0. The molecule has 0 bridgehead atoms. The van der Waals surface area contributed by atoms with Crippen molar-refractivity contribution in [1.82, 2.24) is 4.31 Å². The van der Waals surface area contributed by atoms with E-state index in [1.165, 1.54) is 16.4 Å². The summed E-state index contributed by atoms with van der Waals surface area (Å²) in [5, 5.41) is 0.477. The van der Waals surface area contributed by atoms with Crippen LogP contribution < -0.4 is 9.64 Å². The van der Waals surface area contributed by atoms with Crippen molar-refractivity contribution in [3.05, 3.63) is 53.6 Å². The third-order valence-electron chi connectivity index (χ3n) is 4.96. The molecular formula is C20H23ClN2O4S. The molecule has 0 aliphatic carbocycles. The van der Waals surface area contributed by atoms with Crippen molar-refractivity contribution in [2.24, 2.45) is 5.92 Å². The summed E-state index contributed by atoms with van der Waals surface area (Å²) in [5.74, 6) is 0.157. The van der Waals surface area contributed by atoms with Gasteiger partial charge in [-0.05, 0) is 49.2 Å². The van der Waals surface area contributed by atoms with Gasteiger partial charge in [-0.3, -0.25) is 4.79 Å². The maximum Gasteiger partial charge on any atom is 0.243 e. The van der Waals surface area contributed by atoms with Crippen molar-refractivity contribution >= 4 is 33.2 Å². The number of carbonyl (C=O) groups is 1. The van der Waals surface area contributed by atoms with Crippen LogP contribution in [0.3, 0.4) is 0 Å². The molecule has 2 aromatic rings. The average Bonchev–Trinajstić information content (AvgIpc) is 2.73. The summed E-state index contributed by atoms with van der Waals surface area (Å²) < 4.78 is 32.5. The molecule has 1 atom stereocenters. The molecule has 0 N–H and O–H groups in total. The molecule has 6 nitrogen and oxygen atoms in total. The lowest BCUT2D eigenvalue weighted by Gasteiger charge is -2.33. The minimum Gasteiger partial charge on any atom is -0.497 e. The number of benzene rings is 2. The molecule has 28 heavy (non-hydrogen) atoms. The summed E-state index contributed by atoms with van der Waals surface area (Å²) in [6.45, 7) is 0.565. The van der Waals surface area contributed by atoms with Crippen LogP contribution in [0.15, 0.2) is 53.4 Å². The highest BCUT2D eigenvalue weighted by atomic mass is 35.5. The Morgan fingerprint density at radius 1 is 1.21 bits per heavy atom. The molecule has 8 heteroatoms. The number of sulfonamides is 1. The SMILES string of the molecule is COc1cccc(N(C)C(=O)[C@H]2CCCN(S(=O)(=O)c3ccc(Cl)cc3)C2)c1. The number of piperidine rings is 1. The number of methoxy groups -OCH3 is 1. The third-order valence-corrected chi connectivity index (χ3v) is 7.09. The zero-order valence-corrected chi connectivity index (χ0v) is 17.4. The van der Waals surface area contributed by atoms with E-state index in [4.69, 9.17) is 16.3 Å². The first-order valence-electron chi connectivity index (χ1n) is 9.00. The number of hydrogen-bond acceptors (Lipinski definition) is 4. The number of nitrogens with zero attached hydrogens (tertiary/aromatic N) is 2. The number of anilines is 1. The number of ether oxygens (including phenoxy) is 1. The molecule has 2 aromatic carbocycles. The van der Waals surface area contributed by atoms with Crippen LogP contribution in [-0.4, -0.2) is 45.9 Å². The van der Waals surface area contributed by atoms with E-state index in [1.54, 1.807) is 37.3 Å². The van der Waals surface area contributed by atoms with Gasteiger partial charge in [0.2, 0.25) is 15.9 Å².